The summed E-state index contributed by atoms with van der Waals surface area (Å²) in [5.41, 5.74) is 0.950. The maximum absolute atomic E-state index is 11.0. The smallest absolute Gasteiger partial charge is 0.333 e. The van der Waals surface area contributed by atoms with Crippen molar-refractivity contribution in [3.8, 4) is 0 Å². The van der Waals surface area contributed by atoms with Crippen molar-refractivity contribution in [2.45, 2.75) is 211 Å². The molecule has 77 heavy (non-hydrogen) atoms. The molecule has 0 bridgehead atoms. The largest absolute Gasteiger partial charge is 0.478 e. The van der Waals surface area contributed by atoms with E-state index in [0.29, 0.717) is 50.8 Å². The molecule has 446 valence electrons. The first kappa shape index (κ1) is 82.5. The summed E-state index contributed by atoms with van der Waals surface area (Å²) in [6.45, 7) is 39.2. The van der Waals surface area contributed by atoms with Gasteiger partial charge in [0.05, 0.1) is 39.6 Å². The van der Waals surface area contributed by atoms with Crippen LogP contribution in [0.4, 0.5) is 0 Å². The molecule has 0 aromatic heterocycles. The lowest BCUT2D eigenvalue weighted by Gasteiger charge is -2.07. The first-order chi connectivity index (χ1) is 36.5. The standard InChI is InChI=1S/C13H22O4.C13H24O2.C12H22O2.C8H12O4.C8H14O2.C7H12O2/c1-3-11(2)7-5-4-6-10-17-13(16)9-8-12(14)15;1-5-12(4)9-7-6-8-10-15-13(14)11(2)3;1-4-11(3)9-7-6-8-10-14-12(13)5-2;1-2-3-6-12-8(11)5-4-7(9)10;1-4-5-6-10-8(9)7(2)3;1-3-5-6-9-7(8)4-2/h8-9,11H,3-7,10H2,1-2H3,(H,14,15);12H,2,5-10H2,1,3-4H3;5,11H,2,4,6-10H2,1,3H3;4-5H,2-3,6H2,1H3,(H,9,10);2,4-6H2,1,3H3;4H,2-3,5-6H2,1H3. The summed E-state index contributed by atoms with van der Waals surface area (Å²) in [5.74, 6) is -2.27. The summed E-state index contributed by atoms with van der Waals surface area (Å²) in [7, 11) is 0. The molecule has 0 saturated carbocycles. The third-order valence-corrected chi connectivity index (χ3v) is 10.8. The van der Waals surface area contributed by atoms with Crippen LogP contribution in [0.25, 0.3) is 0 Å². The Morgan fingerprint density at radius 2 is 0.623 bits per heavy atom. The molecule has 2 N–H and O–H groups in total. The topological polar surface area (TPSA) is 232 Å². The second-order valence-electron chi connectivity index (χ2n) is 18.4. The Hall–Kier alpha value is -5.80. The van der Waals surface area contributed by atoms with Crippen molar-refractivity contribution in [2.75, 3.05) is 39.6 Å². The minimum Gasteiger partial charge on any atom is -0.478 e. The Balaban J connectivity index is -0.000000199. The van der Waals surface area contributed by atoms with Crippen molar-refractivity contribution in [1.82, 2.24) is 0 Å². The molecule has 0 aliphatic rings. The second-order valence-corrected chi connectivity index (χ2v) is 18.4. The number of rotatable bonds is 38. The number of hydrogen-bond acceptors (Lipinski definition) is 14. The average Bonchev–Trinajstić information content (AvgIpc) is 3.40. The molecular formula is C61H106O16. The number of ether oxygens (including phenoxy) is 6. The van der Waals surface area contributed by atoms with Crippen molar-refractivity contribution in [2.24, 2.45) is 17.8 Å². The van der Waals surface area contributed by atoms with E-state index in [1.165, 1.54) is 63.5 Å². The Kier molecular flexibility index (Phi) is 69.1. The van der Waals surface area contributed by atoms with Gasteiger partial charge in [0.25, 0.3) is 0 Å². The van der Waals surface area contributed by atoms with Gasteiger partial charge in [-0.25, -0.2) is 38.4 Å². The van der Waals surface area contributed by atoms with E-state index in [-0.39, 0.29) is 23.9 Å². The molecule has 0 aromatic rings. The Morgan fingerprint density at radius 1 is 0.377 bits per heavy atom. The van der Waals surface area contributed by atoms with Gasteiger partial charge in [-0.05, 0) is 70.1 Å². The predicted molar refractivity (Wildman–Crippen MR) is 308 cm³/mol. The van der Waals surface area contributed by atoms with Crippen molar-refractivity contribution in [1.29, 1.82) is 0 Å². The van der Waals surface area contributed by atoms with E-state index in [2.05, 4.69) is 84.3 Å². The molecule has 0 heterocycles. The van der Waals surface area contributed by atoms with Gasteiger partial charge in [0.15, 0.2) is 0 Å². The summed E-state index contributed by atoms with van der Waals surface area (Å²) in [6, 6.07) is 0. The molecule has 0 amide bonds. The van der Waals surface area contributed by atoms with Crippen LogP contribution < -0.4 is 0 Å². The van der Waals surface area contributed by atoms with E-state index in [1.807, 2.05) is 13.8 Å². The van der Waals surface area contributed by atoms with Gasteiger partial charge >= 0.3 is 47.8 Å². The fraction of sp³-hybridized carbons (Fsp3) is 0.672. The van der Waals surface area contributed by atoms with Gasteiger partial charge in [-0.2, -0.15) is 0 Å². The first-order valence-corrected chi connectivity index (χ1v) is 27.9. The van der Waals surface area contributed by atoms with Crippen molar-refractivity contribution in [3.63, 3.8) is 0 Å². The van der Waals surface area contributed by atoms with E-state index in [0.717, 1.165) is 126 Å². The number of esters is 6. The van der Waals surface area contributed by atoms with Gasteiger partial charge < -0.3 is 38.6 Å². The normalized spacial score (nSPS) is 11.1. The highest BCUT2D eigenvalue weighted by Crippen LogP contribution is 2.14. The van der Waals surface area contributed by atoms with E-state index >= 15 is 0 Å². The molecule has 0 saturated heterocycles. The lowest BCUT2D eigenvalue weighted by molar-refractivity contribution is -0.139. The molecular weight excluding hydrogens is 989 g/mol. The first-order valence-electron chi connectivity index (χ1n) is 27.9. The third kappa shape index (κ3) is 79.2. The third-order valence-electron chi connectivity index (χ3n) is 10.8. The monoisotopic (exact) mass is 1090 g/mol. The van der Waals surface area contributed by atoms with E-state index < -0.39 is 23.9 Å². The van der Waals surface area contributed by atoms with Crippen LogP contribution >= 0.6 is 0 Å². The fourth-order valence-corrected chi connectivity index (χ4v) is 5.12. The van der Waals surface area contributed by atoms with Crippen LogP contribution in [0.1, 0.15) is 211 Å². The summed E-state index contributed by atoms with van der Waals surface area (Å²) in [5, 5.41) is 16.4. The maximum Gasteiger partial charge on any atom is 0.333 e. The van der Waals surface area contributed by atoms with Crippen LogP contribution in [-0.4, -0.2) is 97.6 Å². The number of hydrogen-bond donors (Lipinski definition) is 2. The number of carboxylic acid groups (broad SMARTS) is 2. The molecule has 3 atom stereocenters. The van der Waals surface area contributed by atoms with Gasteiger partial charge in [0.2, 0.25) is 0 Å². The molecule has 0 radical (unpaired) electrons. The predicted octanol–water partition coefficient (Wildman–Crippen LogP) is 14.2. The molecule has 3 unspecified atom stereocenters. The van der Waals surface area contributed by atoms with Gasteiger partial charge in [-0.15, -0.1) is 0 Å². The second kappa shape index (κ2) is 64.5. The molecule has 0 rings (SSSR count). The minimum atomic E-state index is -1.15. The van der Waals surface area contributed by atoms with Crippen molar-refractivity contribution < 1.29 is 77.0 Å². The molecule has 0 aliphatic heterocycles. The number of carboxylic acids is 2. The highest BCUT2D eigenvalue weighted by Gasteiger charge is 2.05. The molecule has 16 heteroatoms. The van der Waals surface area contributed by atoms with Crippen LogP contribution in [0.15, 0.2) is 73.9 Å². The van der Waals surface area contributed by atoms with E-state index in [4.69, 9.17) is 29.2 Å². The number of carbonyl (C=O) groups is 8. The summed E-state index contributed by atoms with van der Waals surface area (Å²) >= 11 is 0. The number of unbranched alkanes of at least 4 members (excludes halogenated alkanes) is 9. The van der Waals surface area contributed by atoms with Crippen LogP contribution in [0.5, 0.6) is 0 Å². The lowest BCUT2D eigenvalue weighted by Crippen LogP contribution is -2.06. The molecule has 0 aromatic carbocycles. The van der Waals surface area contributed by atoms with E-state index in [9.17, 15) is 38.4 Å². The number of carbonyl (C=O) groups excluding carboxylic acids is 6. The molecule has 0 spiro atoms. The molecule has 16 nitrogen and oxygen atoms in total. The van der Waals surface area contributed by atoms with Gasteiger partial charge in [0, 0.05) is 47.6 Å². The van der Waals surface area contributed by atoms with Crippen LogP contribution in [-0.2, 0) is 66.8 Å². The Bertz CT molecular complexity index is 1630. The quantitative estimate of drug-likeness (QED) is 0.0253. The SMILES string of the molecule is C=C(C)C(=O)OCCCC.C=C(C)C(=O)OCCCCCC(C)CC.C=CC(=O)OCCCC.C=CC(=O)OCCCCCC(C)CC.CCC(C)CCCCCOC(=O)C=CC(=O)O.CCCCOC(=O)C=CC(=O)O. The van der Waals surface area contributed by atoms with Crippen molar-refractivity contribution >= 4 is 47.8 Å². The average molecular weight is 1100 g/mol. The highest BCUT2D eigenvalue weighted by atomic mass is 16.6. The molecule has 0 fully saturated rings. The minimum absolute atomic E-state index is 0.267. The lowest BCUT2D eigenvalue weighted by atomic mass is 10.0. The van der Waals surface area contributed by atoms with Crippen LogP contribution in [0, 0.1) is 17.8 Å². The Morgan fingerprint density at radius 3 is 0.857 bits per heavy atom. The highest BCUT2D eigenvalue weighted by molar-refractivity contribution is 5.91. The van der Waals surface area contributed by atoms with Crippen molar-refractivity contribution in [3.05, 3.63) is 73.9 Å². The maximum atomic E-state index is 11.0. The van der Waals surface area contributed by atoms with E-state index in [1.54, 1.807) is 13.8 Å². The van der Waals surface area contributed by atoms with Crippen LogP contribution in [0.3, 0.4) is 0 Å². The van der Waals surface area contributed by atoms with Gasteiger partial charge in [-0.1, -0.05) is 185 Å². The Labute approximate surface area is 465 Å². The summed E-state index contributed by atoms with van der Waals surface area (Å²) < 4.78 is 28.8. The zero-order chi connectivity index (χ0) is 60.1. The molecule has 0 aliphatic carbocycles. The summed E-state index contributed by atoms with van der Waals surface area (Å²) in [6.07, 6.45) is 28.7. The van der Waals surface area contributed by atoms with Gasteiger partial charge in [0.1, 0.15) is 0 Å². The fourth-order valence-electron chi connectivity index (χ4n) is 5.12. The van der Waals surface area contributed by atoms with Gasteiger partial charge in [-0.3, -0.25) is 0 Å². The zero-order valence-corrected chi connectivity index (χ0v) is 49.7. The number of aliphatic carboxylic acids is 2. The zero-order valence-electron chi connectivity index (χ0n) is 49.7. The summed E-state index contributed by atoms with van der Waals surface area (Å²) in [4.78, 5) is 84.4. The van der Waals surface area contributed by atoms with Crippen LogP contribution in [0.2, 0.25) is 0 Å².